The Hall–Kier alpha value is -2.93. The number of ether oxygens (including phenoxy) is 4. The number of hydrogen-bond donors (Lipinski definition) is 0. The maximum absolute atomic E-state index is 5.88. The summed E-state index contributed by atoms with van der Waals surface area (Å²) in [7, 11) is 4.87. The molecular weight excluding hydrogens is 398 g/mol. The Morgan fingerprint density at radius 1 is 0.900 bits per heavy atom. The third kappa shape index (κ3) is 4.31. The molecule has 0 fully saturated rings. The van der Waals surface area contributed by atoms with Crippen molar-refractivity contribution < 1.29 is 18.9 Å². The third-order valence-corrected chi connectivity index (χ3v) is 5.80. The third-order valence-electron chi connectivity index (χ3n) is 4.75. The molecule has 6 heteroatoms. The number of aromatic nitrogens is 1. The Kier molecular flexibility index (Phi) is 6.28. The Labute approximate surface area is 179 Å². The van der Waals surface area contributed by atoms with Gasteiger partial charge in [0.15, 0.2) is 6.29 Å². The smallest absolute Gasteiger partial charge is 0.183 e. The van der Waals surface area contributed by atoms with Gasteiger partial charge in [-0.3, -0.25) is 0 Å². The van der Waals surface area contributed by atoms with Crippen LogP contribution in [0.1, 0.15) is 17.4 Å². The van der Waals surface area contributed by atoms with Crippen molar-refractivity contribution in [2.75, 3.05) is 21.3 Å². The molecule has 0 aliphatic carbocycles. The van der Waals surface area contributed by atoms with Gasteiger partial charge in [0, 0.05) is 25.3 Å². The topological polar surface area (TPSA) is 49.8 Å². The minimum atomic E-state index is -0.449. The summed E-state index contributed by atoms with van der Waals surface area (Å²) in [6, 6.07) is 22.1. The van der Waals surface area contributed by atoms with Crippen LogP contribution in [0.15, 0.2) is 66.7 Å². The molecule has 3 aromatic carbocycles. The van der Waals surface area contributed by atoms with Gasteiger partial charge < -0.3 is 18.9 Å². The Morgan fingerprint density at radius 3 is 2.30 bits per heavy atom. The van der Waals surface area contributed by atoms with Gasteiger partial charge in [0.1, 0.15) is 28.6 Å². The molecule has 0 aliphatic heterocycles. The van der Waals surface area contributed by atoms with Crippen LogP contribution in [0.4, 0.5) is 0 Å². The van der Waals surface area contributed by atoms with Crippen molar-refractivity contribution >= 4 is 21.6 Å². The molecule has 0 unspecified atom stereocenters. The summed E-state index contributed by atoms with van der Waals surface area (Å²) < 4.78 is 23.2. The van der Waals surface area contributed by atoms with Gasteiger partial charge in [0.2, 0.25) is 0 Å². The zero-order chi connectivity index (χ0) is 20.9. The minimum Gasteiger partial charge on any atom is -0.494 e. The van der Waals surface area contributed by atoms with Crippen LogP contribution in [0.2, 0.25) is 0 Å². The maximum atomic E-state index is 5.88. The van der Waals surface area contributed by atoms with Crippen LogP contribution in [0.25, 0.3) is 20.8 Å². The van der Waals surface area contributed by atoms with Crippen molar-refractivity contribution in [3.8, 4) is 22.1 Å². The second-order valence-electron chi connectivity index (χ2n) is 6.69. The summed E-state index contributed by atoms with van der Waals surface area (Å²) in [5.41, 5.74) is 3.89. The fourth-order valence-corrected chi connectivity index (χ4v) is 4.27. The second kappa shape index (κ2) is 9.26. The first-order valence-corrected chi connectivity index (χ1v) is 10.3. The van der Waals surface area contributed by atoms with Crippen LogP contribution in [-0.4, -0.2) is 26.3 Å². The van der Waals surface area contributed by atoms with E-state index in [1.807, 2.05) is 54.6 Å². The zero-order valence-corrected chi connectivity index (χ0v) is 17.9. The van der Waals surface area contributed by atoms with Crippen molar-refractivity contribution in [1.82, 2.24) is 4.98 Å². The molecule has 0 N–H and O–H groups in total. The van der Waals surface area contributed by atoms with Gasteiger partial charge in [-0.25, -0.2) is 4.98 Å². The van der Waals surface area contributed by atoms with Crippen LogP contribution < -0.4 is 9.47 Å². The van der Waals surface area contributed by atoms with Gasteiger partial charge in [0.05, 0.1) is 11.8 Å². The highest BCUT2D eigenvalue weighted by atomic mass is 32.1. The highest BCUT2D eigenvalue weighted by molar-refractivity contribution is 7.21. The van der Waals surface area contributed by atoms with E-state index in [0.717, 1.165) is 37.7 Å². The fourth-order valence-electron chi connectivity index (χ4n) is 3.24. The maximum Gasteiger partial charge on any atom is 0.183 e. The van der Waals surface area contributed by atoms with Crippen LogP contribution in [-0.2, 0) is 16.1 Å². The van der Waals surface area contributed by atoms with E-state index in [1.165, 1.54) is 0 Å². The summed E-state index contributed by atoms with van der Waals surface area (Å²) in [6.07, 6.45) is -0.449. The van der Waals surface area contributed by atoms with Gasteiger partial charge in [-0.2, -0.15) is 0 Å². The van der Waals surface area contributed by atoms with E-state index in [2.05, 4.69) is 12.1 Å². The molecule has 5 nitrogen and oxygen atoms in total. The molecule has 4 aromatic rings. The summed E-state index contributed by atoms with van der Waals surface area (Å²) in [4.78, 5) is 4.80. The van der Waals surface area contributed by atoms with E-state index in [-0.39, 0.29) is 0 Å². The predicted molar refractivity (Wildman–Crippen MR) is 119 cm³/mol. The average molecular weight is 422 g/mol. The second-order valence-corrected chi connectivity index (χ2v) is 7.72. The van der Waals surface area contributed by atoms with Crippen molar-refractivity contribution in [2.45, 2.75) is 12.9 Å². The molecular formula is C24H23NO4S. The van der Waals surface area contributed by atoms with E-state index >= 15 is 0 Å². The van der Waals surface area contributed by atoms with E-state index in [0.29, 0.717) is 12.4 Å². The first-order chi connectivity index (χ1) is 14.7. The molecule has 0 saturated carbocycles. The van der Waals surface area contributed by atoms with Gasteiger partial charge in [-0.15, -0.1) is 11.3 Å². The summed E-state index contributed by atoms with van der Waals surface area (Å²) in [6.45, 7) is 0.543. The monoisotopic (exact) mass is 421 g/mol. The number of hydrogen-bond acceptors (Lipinski definition) is 6. The van der Waals surface area contributed by atoms with Gasteiger partial charge in [-0.05, 0) is 42.0 Å². The number of methoxy groups -OCH3 is 3. The largest absolute Gasteiger partial charge is 0.494 e. The number of thiazole rings is 1. The van der Waals surface area contributed by atoms with E-state index in [1.54, 1.807) is 32.7 Å². The predicted octanol–water partition coefficient (Wildman–Crippen LogP) is 5.84. The van der Waals surface area contributed by atoms with Crippen molar-refractivity contribution in [1.29, 1.82) is 0 Å². The Morgan fingerprint density at radius 2 is 1.63 bits per heavy atom. The molecule has 0 radical (unpaired) electrons. The molecule has 154 valence electrons. The van der Waals surface area contributed by atoms with Crippen LogP contribution in [0.3, 0.4) is 0 Å². The van der Waals surface area contributed by atoms with Gasteiger partial charge >= 0.3 is 0 Å². The Balaban J connectivity index is 1.58. The molecule has 4 rings (SSSR count). The normalized spacial score (nSPS) is 11.2. The van der Waals surface area contributed by atoms with Crippen LogP contribution in [0, 0.1) is 0 Å². The van der Waals surface area contributed by atoms with Crippen molar-refractivity contribution in [3.63, 3.8) is 0 Å². The molecule has 0 spiro atoms. The number of rotatable bonds is 8. The molecule has 0 atom stereocenters. The van der Waals surface area contributed by atoms with E-state index in [4.69, 9.17) is 23.9 Å². The molecule has 0 saturated heterocycles. The van der Waals surface area contributed by atoms with Gasteiger partial charge in [-0.1, -0.05) is 30.3 Å². The molecule has 1 aromatic heterocycles. The molecule has 30 heavy (non-hydrogen) atoms. The SMILES string of the molecule is COc1cc(C(OC)OC)cc2sc(-c3ccc(OCc4ccccc4)cc3)nc12. The summed E-state index contributed by atoms with van der Waals surface area (Å²) in [5, 5.41) is 0.918. The summed E-state index contributed by atoms with van der Waals surface area (Å²) >= 11 is 1.61. The molecule has 1 heterocycles. The first kappa shape index (κ1) is 20.3. The lowest BCUT2D eigenvalue weighted by Gasteiger charge is -2.14. The fraction of sp³-hybridized carbons (Fsp3) is 0.208. The number of fused-ring (bicyclic) bond motifs is 1. The average Bonchev–Trinajstić information content (AvgIpc) is 3.23. The van der Waals surface area contributed by atoms with E-state index in [9.17, 15) is 0 Å². The number of benzene rings is 3. The lowest BCUT2D eigenvalue weighted by atomic mass is 10.2. The quantitative estimate of drug-likeness (QED) is 0.334. The zero-order valence-electron chi connectivity index (χ0n) is 17.1. The summed E-state index contributed by atoms with van der Waals surface area (Å²) in [5.74, 6) is 1.53. The van der Waals surface area contributed by atoms with Crippen LogP contribution >= 0.6 is 11.3 Å². The van der Waals surface area contributed by atoms with Crippen molar-refractivity contribution in [3.05, 3.63) is 77.9 Å². The molecule has 0 aliphatic rings. The highest BCUT2D eigenvalue weighted by Crippen LogP contribution is 2.38. The lowest BCUT2D eigenvalue weighted by Crippen LogP contribution is -2.03. The van der Waals surface area contributed by atoms with E-state index < -0.39 is 6.29 Å². The van der Waals surface area contributed by atoms with Crippen LogP contribution in [0.5, 0.6) is 11.5 Å². The lowest BCUT2D eigenvalue weighted by molar-refractivity contribution is -0.106. The number of nitrogens with zero attached hydrogens (tertiary/aromatic N) is 1. The Bertz CT molecular complexity index is 1110. The first-order valence-electron chi connectivity index (χ1n) is 9.53. The molecule has 0 amide bonds. The minimum absolute atomic E-state index is 0.449. The van der Waals surface area contributed by atoms with Crippen molar-refractivity contribution in [2.24, 2.45) is 0 Å². The standard InChI is InChI=1S/C24H23NO4S/c1-26-20-13-18(24(27-2)28-3)14-21-22(20)25-23(30-21)17-9-11-19(12-10-17)29-15-16-7-5-4-6-8-16/h4-14,24H,15H2,1-3H3. The highest BCUT2D eigenvalue weighted by Gasteiger charge is 2.17. The van der Waals surface area contributed by atoms with Gasteiger partial charge in [0.25, 0.3) is 0 Å². The molecule has 0 bridgehead atoms.